The van der Waals surface area contributed by atoms with Gasteiger partial charge in [-0.25, -0.2) is 4.79 Å². The van der Waals surface area contributed by atoms with Gasteiger partial charge in [0.15, 0.2) is 0 Å². The molecule has 1 amide bonds. The van der Waals surface area contributed by atoms with Crippen molar-refractivity contribution in [3.63, 3.8) is 0 Å². The number of allylic oxidation sites excluding steroid dienone is 2. The number of likely N-dealkylation sites (N-methyl/N-ethyl adjacent to an activating group) is 1. The van der Waals surface area contributed by atoms with Crippen LogP contribution in [0.2, 0.25) is 0 Å². The molecule has 0 aliphatic carbocycles. The first-order valence-corrected chi connectivity index (χ1v) is 6.26. The molecule has 0 spiro atoms. The molecule has 5 nitrogen and oxygen atoms in total. The van der Waals surface area contributed by atoms with Crippen molar-refractivity contribution in [2.45, 2.75) is 13.3 Å². The van der Waals surface area contributed by atoms with Crippen molar-refractivity contribution in [1.29, 1.82) is 0 Å². The molecule has 21 heavy (non-hydrogen) atoms. The number of carboxylic acids is 1. The molecule has 0 aromatic carbocycles. The number of nitrogens with zero attached hydrogens (tertiary/aromatic N) is 1. The van der Waals surface area contributed by atoms with E-state index < -0.39 is 11.9 Å². The number of hydrogen-bond donors (Lipinski definition) is 1. The van der Waals surface area contributed by atoms with Crippen LogP contribution in [0, 0.1) is 0 Å². The Morgan fingerprint density at radius 2 is 1.86 bits per heavy atom. The van der Waals surface area contributed by atoms with Crippen molar-refractivity contribution in [2.24, 2.45) is 0 Å². The van der Waals surface area contributed by atoms with Crippen LogP contribution in [0.4, 0.5) is 0 Å². The van der Waals surface area contributed by atoms with Crippen LogP contribution < -0.4 is 0 Å². The van der Waals surface area contributed by atoms with Crippen LogP contribution in [0.5, 0.6) is 0 Å². The monoisotopic (exact) mass is 291 g/mol. The molecule has 1 N–H and O–H groups in total. The average Bonchev–Trinajstić information content (AvgIpc) is 2.47. The van der Waals surface area contributed by atoms with Crippen LogP contribution >= 0.6 is 0 Å². The highest BCUT2D eigenvalue weighted by Gasteiger charge is 2.20. The van der Waals surface area contributed by atoms with Crippen molar-refractivity contribution < 1.29 is 19.4 Å². The van der Waals surface area contributed by atoms with Gasteiger partial charge in [0, 0.05) is 18.3 Å². The van der Waals surface area contributed by atoms with Gasteiger partial charge in [0.05, 0.1) is 12.7 Å². The second kappa shape index (κ2) is 8.58. The molecule has 0 aliphatic rings. The van der Waals surface area contributed by atoms with E-state index in [1.165, 1.54) is 19.1 Å². The van der Waals surface area contributed by atoms with Crippen molar-refractivity contribution in [2.75, 3.05) is 14.2 Å². The first-order chi connectivity index (χ1) is 9.79. The number of amides is 1. The Bertz CT molecular complexity index is 526. The molecule has 114 valence electrons. The number of carbonyl (C=O) groups is 2. The minimum Gasteiger partial charge on any atom is -0.497 e. The summed E-state index contributed by atoms with van der Waals surface area (Å²) in [5.74, 6) is -1.20. The zero-order valence-electron chi connectivity index (χ0n) is 12.7. The van der Waals surface area contributed by atoms with Crippen LogP contribution in [0.3, 0.4) is 0 Å². The van der Waals surface area contributed by atoms with E-state index in [0.29, 0.717) is 11.5 Å². The maximum Gasteiger partial charge on any atom is 0.336 e. The van der Waals surface area contributed by atoms with Crippen LogP contribution in [0.1, 0.15) is 13.3 Å². The third-order valence-corrected chi connectivity index (χ3v) is 2.83. The Labute approximate surface area is 125 Å². The van der Waals surface area contributed by atoms with Gasteiger partial charge in [0.2, 0.25) is 0 Å². The van der Waals surface area contributed by atoms with Gasteiger partial charge in [0.1, 0.15) is 5.76 Å². The highest BCUT2D eigenvalue weighted by molar-refractivity contribution is 6.04. The highest BCUT2D eigenvalue weighted by atomic mass is 16.5. The van der Waals surface area contributed by atoms with E-state index >= 15 is 0 Å². The normalized spacial score (nSPS) is 11.6. The second-order valence-corrected chi connectivity index (χ2v) is 4.11. The van der Waals surface area contributed by atoms with Gasteiger partial charge in [-0.05, 0) is 18.6 Å². The minimum absolute atomic E-state index is 0.104. The smallest absolute Gasteiger partial charge is 0.336 e. The average molecular weight is 291 g/mol. The summed E-state index contributed by atoms with van der Waals surface area (Å²) in [6, 6.07) is 0. The summed E-state index contributed by atoms with van der Waals surface area (Å²) in [5.41, 5.74) is 0.450. The molecule has 0 aliphatic heterocycles. The topological polar surface area (TPSA) is 66.8 Å². The van der Waals surface area contributed by atoms with Crippen molar-refractivity contribution >= 4 is 11.9 Å². The number of methoxy groups -OCH3 is 1. The third-order valence-electron chi connectivity index (χ3n) is 2.83. The number of hydrogen-bond acceptors (Lipinski definition) is 3. The van der Waals surface area contributed by atoms with Crippen molar-refractivity contribution in [1.82, 2.24) is 4.90 Å². The van der Waals surface area contributed by atoms with Gasteiger partial charge in [-0.2, -0.15) is 0 Å². The molecule has 0 bridgehead atoms. The zero-order valence-corrected chi connectivity index (χ0v) is 12.7. The molecule has 0 atom stereocenters. The summed E-state index contributed by atoms with van der Waals surface area (Å²) in [7, 11) is 2.99. The molecular weight excluding hydrogens is 270 g/mol. The minimum atomic E-state index is -1.18. The van der Waals surface area contributed by atoms with Crippen LogP contribution in [0.25, 0.3) is 0 Å². The summed E-state index contributed by atoms with van der Waals surface area (Å²) in [5, 5.41) is 9.09. The van der Waals surface area contributed by atoms with E-state index in [1.54, 1.807) is 19.1 Å². The molecule has 0 aromatic heterocycles. The summed E-state index contributed by atoms with van der Waals surface area (Å²) < 4.78 is 4.87. The first-order valence-electron chi connectivity index (χ1n) is 6.26. The van der Waals surface area contributed by atoms with Gasteiger partial charge in [-0.3, -0.25) is 4.79 Å². The fourth-order valence-electron chi connectivity index (χ4n) is 1.50. The molecule has 5 heteroatoms. The number of aliphatic carboxylic acids is 1. The van der Waals surface area contributed by atoms with Gasteiger partial charge >= 0.3 is 5.97 Å². The third kappa shape index (κ3) is 5.14. The molecule has 0 aromatic rings. The lowest BCUT2D eigenvalue weighted by Crippen LogP contribution is -2.28. The standard InChI is InChI=1S/C16H21NO4/c1-7-13(14(8-2)16(19)20)15(18)17(5)11(3)9-10-12(4)21-6/h8-10H,2-4,7H2,1,5-6H3,(H,19,20). The van der Waals surface area contributed by atoms with Crippen molar-refractivity contribution in [3.8, 4) is 0 Å². The maximum absolute atomic E-state index is 12.3. The van der Waals surface area contributed by atoms with Gasteiger partial charge in [-0.15, -0.1) is 0 Å². The Kier molecular flexibility index (Phi) is 7.53. The summed E-state index contributed by atoms with van der Waals surface area (Å²) >= 11 is 0. The van der Waals surface area contributed by atoms with E-state index in [9.17, 15) is 9.59 Å². The van der Waals surface area contributed by atoms with Gasteiger partial charge in [-0.1, -0.05) is 32.7 Å². The molecule has 0 heterocycles. The van der Waals surface area contributed by atoms with Crippen molar-refractivity contribution in [3.05, 3.63) is 60.6 Å². The van der Waals surface area contributed by atoms with Gasteiger partial charge in [0.25, 0.3) is 5.91 Å². The van der Waals surface area contributed by atoms with Crippen LogP contribution in [-0.2, 0) is 14.3 Å². The Morgan fingerprint density at radius 3 is 2.24 bits per heavy atom. The van der Waals surface area contributed by atoms with E-state index in [0.717, 1.165) is 6.08 Å². The molecule has 0 unspecified atom stereocenters. The summed E-state index contributed by atoms with van der Waals surface area (Å²) in [6.45, 7) is 12.5. The Hall–Kier alpha value is -2.56. The Balaban J connectivity index is 5.35. The largest absolute Gasteiger partial charge is 0.497 e. The Morgan fingerprint density at radius 1 is 1.29 bits per heavy atom. The lowest BCUT2D eigenvalue weighted by atomic mass is 10.0. The van der Waals surface area contributed by atoms with Gasteiger partial charge < -0.3 is 14.7 Å². The predicted octanol–water partition coefficient (Wildman–Crippen LogP) is 2.65. The highest BCUT2D eigenvalue weighted by Crippen LogP contribution is 2.16. The number of ether oxygens (including phenoxy) is 1. The predicted molar refractivity (Wildman–Crippen MR) is 82.3 cm³/mol. The second-order valence-electron chi connectivity index (χ2n) is 4.11. The zero-order chi connectivity index (χ0) is 16.6. The van der Waals surface area contributed by atoms with E-state index in [1.807, 2.05) is 0 Å². The quantitative estimate of drug-likeness (QED) is 0.424. The number of rotatable bonds is 8. The first kappa shape index (κ1) is 18.4. The molecule has 0 fully saturated rings. The van der Waals surface area contributed by atoms with E-state index in [4.69, 9.17) is 9.84 Å². The summed E-state index contributed by atoms with van der Waals surface area (Å²) in [6.07, 6.45) is 4.56. The lowest BCUT2D eigenvalue weighted by molar-refractivity contribution is -0.133. The molecular formula is C16H21NO4. The fraction of sp³-hybridized carbons (Fsp3) is 0.250. The maximum atomic E-state index is 12.3. The molecule has 0 saturated carbocycles. The fourth-order valence-corrected chi connectivity index (χ4v) is 1.50. The SMILES string of the molecule is C=CC(C(=O)O)=C(CC)C(=O)N(C)C(=C)C=CC(=C)OC. The van der Waals surface area contributed by atoms with E-state index in [2.05, 4.69) is 19.7 Å². The molecule has 0 radical (unpaired) electrons. The molecule has 0 saturated heterocycles. The van der Waals surface area contributed by atoms with Crippen LogP contribution in [0.15, 0.2) is 60.6 Å². The number of carboxylic acid groups (broad SMARTS) is 1. The van der Waals surface area contributed by atoms with E-state index in [-0.39, 0.29) is 17.6 Å². The van der Waals surface area contributed by atoms with Crippen LogP contribution in [-0.4, -0.2) is 36.0 Å². The molecule has 0 rings (SSSR count). The lowest BCUT2D eigenvalue weighted by Gasteiger charge is -2.19. The summed E-state index contributed by atoms with van der Waals surface area (Å²) in [4.78, 5) is 24.7. The number of carbonyl (C=O) groups excluding carboxylic acids is 1.